The Morgan fingerprint density at radius 1 is 1.24 bits per heavy atom. The first kappa shape index (κ1) is 12.5. The molecule has 2 aromatic rings. The maximum Gasteiger partial charge on any atom is 0.210 e. The molecule has 0 fully saturated rings. The van der Waals surface area contributed by atoms with E-state index in [4.69, 9.17) is 0 Å². The molecule has 0 atom stereocenters. The van der Waals surface area contributed by atoms with Gasteiger partial charge in [-0.15, -0.1) is 11.3 Å². The third-order valence-corrected chi connectivity index (χ3v) is 5.88. The lowest BCUT2D eigenvalue weighted by molar-refractivity contribution is 0.461. The molecule has 0 aliphatic carbocycles. The smallest absolute Gasteiger partial charge is 0.210 e. The number of thiazole rings is 1. The average molecular weight is 269 g/mol. The van der Waals surface area contributed by atoms with Crippen LogP contribution in [-0.2, 0) is 9.84 Å². The van der Waals surface area contributed by atoms with Gasteiger partial charge in [-0.1, -0.05) is 32.9 Å². The fourth-order valence-corrected chi connectivity index (χ4v) is 4.77. The minimum Gasteiger partial charge on any atom is -0.225 e. The van der Waals surface area contributed by atoms with Gasteiger partial charge in [-0.25, -0.2) is 13.4 Å². The second kappa shape index (κ2) is 4.07. The minimum absolute atomic E-state index is 0.125. The van der Waals surface area contributed by atoms with E-state index in [-0.39, 0.29) is 15.5 Å². The number of hydrogen-bond donors (Lipinski definition) is 0. The second-order valence-corrected chi connectivity index (χ2v) is 8.46. The summed E-state index contributed by atoms with van der Waals surface area (Å²) in [5, 5.41) is 0. The van der Waals surface area contributed by atoms with Gasteiger partial charge in [-0.05, 0) is 17.5 Å². The first-order valence-corrected chi connectivity index (χ1v) is 7.83. The third-order valence-electron chi connectivity index (χ3n) is 2.16. The van der Waals surface area contributed by atoms with Crippen LogP contribution in [0.25, 0.3) is 10.2 Å². The maximum atomic E-state index is 12.2. The number of rotatable bonds is 2. The number of hydrogen-bond acceptors (Lipinski definition) is 4. The molecule has 0 aliphatic heterocycles. The monoisotopic (exact) mass is 269 g/mol. The third kappa shape index (κ3) is 2.84. The number of para-hydroxylation sites is 1. The molecule has 5 heteroatoms. The zero-order chi connectivity index (χ0) is 12.7. The Balaban J connectivity index is 2.46. The van der Waals surface area contributed by atoms with Gasteiger partial charge in [0.1, 0.15) is 0 Å². The summed E-state index contributed by atoms with van der Waals surface area (Å²) in [5.41, 5.74) is 0.501. The Labute approximate surface area is 105 Å². The molecule has 0 saturated carbocycles. The van der Waals surface area contributed by atoms with Crippen LogP contribution in [0.2, 0.25) is 0 Å². The van der Waals surface area contributed by atoms with Crippen molar-refractivity contribution >= 4 is 31.4 Å². The molecule has 0 spiro atoms. The quantitative estimate of drug-likeness (QED) is 0.841. The Hall–Kier alpha value is -0.940. The van der Waals surface area contributed by atoms with Crippen molar-refractivity contribution < 1.29 is 8.42 Å². The Morgan fingerprint density at radius 3 is 2.47 bits per heavy atom. The first-order chi connectivity index (χ1) is 7.78. The van der Waals surface area contributed by atoms with E-state index in [0.29, 0.717) is 0 Å². The largest absolute Gasteiger partial charge is 0.225 e. The molecule has 1 aromatic heterocycles. The van der Waals surface area contributed by atoms with Gasteiger partial charge in [0.15, 0.2) is 0 Å². The van der Waals surface area contributed by atoms with Crippen LogP contribution in [0.1, 0.15) is 20.8 Å². The highest BCUT2D eigenvalue weighted by Crippen LogP contribution is 2.28. The highest BCUT2D eigenvalue weighted by molar-refractivity contribution is 7.93. The summed E-state index contributed by atoms with van der Waals surface area (Å²) in [4.78, 5) is 4.20. The lowest BCUT2D eigenvalue weighted by Crippen LogP contribution is -2.20. The molecule has 3 nitrogen and oxygen atoms in total. The topological polar surface area (TPSA) is 47.0 Å². The van der Waals surface area contributed by atoms with Gasteiger partial charge in [0.05, 0.1) is 16.0 Å². The van der Waals surface area contributed by atoms with Crippen molar-refractivity contribution in [1.29, 1.82) is 0 Å². The van der Waals surface area contributed by atoms with Crippen LogP contribution in [0.4, 0.5) is 0 Å². The van der Waals surface area contributed by atoms with E-state index >= 15 is 0 Å². The van der Waals surface area contributed by atoms with Crippen LogP contribution in [-0.4, -0.2) is 19.2 Å². The Kier molecular flexibility index (Phi) is 2.99. The molecule has 0 aliphatic rings. The summed E-state index contributed by atoms with van der Waals surface area (Å²) in [6.07, 6.45) is 0. The van der Waals surface area contributed by atoms with E-state index in [1.165, 1.54) is 11.3 Å². The van der Waals surface area contributed by atoms with Crippen molar-refractivity contribution in [2.24, 2.45) is 5.41 Å². The zero-order valence-electron chi connectivity index (χ0n) is 10.1. The maximum absolute atomic E-state index is 12.2. The average Bonchev–Trinajstić information content (AvgIpc) is 2.57. The van der Waals surface area contributed by atoms with Gasteiger partial charge >= 0.3 is 0 Å². The fraction of sp³-hybridized carbons (Fsp3) is 0.417. The van der Waals surface area contributed by atoms with Gasteiger partial charge in [0, 0.05) is 0 Å². The van der Waals surface area contributed by atoms with Crippen molar-refractivity contribution in [2.45, 2.75) is 25.1 Å². The lowest BCUT2D eigenvalue weighted by Gasteiger charge is -2.16. The van der Waals surface area contributed by atoms with E-state index < -0.39 is 9.84 Å². The van der Waals surface area contributed by atoms with Crippen LogP contribution in [0.3, 0.4) is 0 Å². The van der Waals surface area contributed by atoms with Crippen LogP contribution in [0.15, 0.2) is 28.6 Å². The number of sulfone groups is 1. The summed E-state index contributed by atoms with van der Waals surface area (Å²) >= 11 is 1.25. The minimum atomic E-state index is -3.27. The molecule has 0 amide bonds. The number of aromatic nitrogens is 1. The van der Waals surface area contributed by atoms with Crippen LogP contribution < -0.4 is 0 Å². The highest BCUT2D eigenvalue weighted by Gasteiger charge is 2.26. The number of benzene rings is 1. The number of nitrogens with zero attached hydrogens (tertiary/aromatic N) is 1. The van der Waals surface area contributed by atoms with Crippen LogP contribution >= 0.6 is 11.3 Å². The van der Waals surface area contributed by atoms with E-state index in [2.05, 4.69) is 4.98 Å². The summed E-state index contributed by atoms with van der Waals surface area (Å²) in [7, 11) is -3.27. The van der Waals surface area contributed by atoms with E-state index in [1.807, 2.05) is 45.0 Å². The van der Waals surface area contributed by atoms with Gasteiger partial charge in [-0.2, -0.15) is 0 Å². The zero-order valence-corrected chi connectivity index (χ0v) is 11.7. The Bertz CT molecular complexity index is 603. The van der Waals surface area contributed by atoms with Crippen molar-refractivity contribution in [1.82, 2.24) is 4.98 Å². The molecular weight excluding hydrogens is 254 g/mol. The molecule has 0 bridgehead atoms. The predicted octanol–water partition coefficient (Wildman–Crippen LogP) is 3.12. The van der Waals surface area contributed by atoms with Gasteiger partial charge in [0.2, 0.25) is 14.2 Å². The molecule has 2 rings (SSSR count). The van der Waals surface area contributed by atoms with E-state index in [1.54, 1.807) is 0 Å². The van der Waals surface area contributed by atoms with Crippen molar-refractivity contribution in [3.63, 3.8) is 0 Å². The molecule has 0 unspecified atom stereocenters. The lowest BCUT2D eigenvalue weighted by atomic mass is 10.0. The first-order valence-electron chi connectivity index (χ1n) is 5.36. The summed E-state index contributed by atoms with van der Waals surface area (Å²) in [5.74, 6) is 0.125. The normalized spacial score (nSPS) is 13.1. The molecule has 17 heavy (non-hydrogen) atoms. The van der Waals surface area contributed by atoms with E-state index in [9.17, 15) is 8.42 Å². The molecule has 0 N–H and O–H groups in total. The Morgan fingerprint density at radius 2 is 1.88 bits per heavy atom. The van der Waals surface area contributed by atoms with E-state index in [0.717, 1.165) is 10.2 Å². The predicted molar refractivity (Wildman–Crippen MR) is 71.1 cm³/mol. The molecule has 1 heterocycles. The van der Waals surface area contributed by atoms with Crippen molar-refractivity contribution in [3.05, 3.63) is 24.3 Å². The summed E-state index contributed by atoms with van der Waals surface area (Å²) in [6, 6.07) is 7.48. The van der Waals surface area contributed by atoms with Crippen molar-refractivity contribution in [2.75, 3.05) is 5.75 Å². The molecule has 1 aromatic carbocycles. The van der Waals surface area contributed by atoms with Crippen LogP contribution in [0, 0.1) is 5.41 Å². The fourth-order valence-electron chi connectivity index (χ4n) is 1.62. The molecular formula is C12H15NO2S2. The standard InChI is InChI=1S/C12H15NO2S2/c1-12(2,3)8-17(14,15)11-13-9-6-4-5-7-10(9)16-11/h4-7H,8H2,1-3H3. The SMILES string of the molecule is CC(C)(C)CS(=O)(=O)c1nc2ccccc2s1. The highest BCUT2D eigenvalue weighted by atomic mass is 32.2. The van der Waals surface area contributed by atoms with Gasteiger partial charge in [0.25, 0.3) is 0 Å². The second-order valence-electron chi connectivity index (χ2n) is 5.27. The molecule has 0 saturated heterocycles. The van der Waals surface area contributed by atoms with Gasteiger partial charge in [-0.3, -0.25) is 0 Å². The summed E-state index contributed by atoms with van der Waals surface area (Å²) in [6.45, 7) is 5.74. The summed E-state index contributed by atoms with van der Waals surface area (Å²) < 4.78 is 25.5. The molecule has 92 valence electrons. The van der Waals surface area contributed by atoms with Crippen molar-refractivity contribution in [3.8, 4) is 0 Å². The molecule has 0 radical (unpaired) electrons. The van der Waals surface area contributed by atoms with Gasteiger partial charge < -0.3 is 0 Å². The van der Waals surface area contributed by atoms with Crippen LogP contribution in [0.5, 0.6) is 0 Å². The number of fused-ring (bicyclic) bond motifs is 1.